The molecule has 8 nitrogen and oxygen atoms in total. The Morgan fingerprint density at radius 1 is 0.933 bits per heavy atom. The summed E-state index contributed by atoms with van der Waals surface area (Å²) in [7, 11) is 4.00. The van der Waals surface area contributed by atoms with Gasteiger partial charge in [-0.1, -0.05) is 73.7 Å². The highest BCUT2D eigenvalue weighted by Gasteiger charge is 2.73. The monoisotopic (exact) mass is 803 g/mol. The van der Waals surface area contributed by atoms with Gasteiger partial charge in [-0.3, -0.25) is 0 Å². The van der Waals surface area contributed by atoms with Crippen LogP contribution in [0.2, 0.25) is 0 Å². The van der Waals surface area contributed by atoms with Crippen LogP contribution in [0.15, 0.2) is 125 Å². The molecule has 5 aliphatic carbocycles. The third kappa shape index (κ3) is 6.20. The lowest BCUT2D eigenvalue weighted by atomic mass is 9.38. The first-order valence-corrected chi connectivity index (χ1v) is 22.4. The molecule has 8 unspecified atom stereocenters. The molecule has 2 saturated heterocycles. The molecule has 0 amide bonds. The van der Waals surface area contributed by atoms with Crippen molar-refractivity contribution in [3.63, 3.8) is 0 Å². The number of allylic oxidation sites excluding steroid dienone is 6. The molecule has 2 spiro atoms. The van der Waals surface area contributed by atoms with E-state index in [9.17, 15) is 9.90 Å². The Kier molecular flexibility index (Phi) is 10.1. The molecule has 3 aliphatic heterocycles. The largest absolute Gasteiger partial charge is 0.508 e. The summed E-state index contributed by atoms with van der Waals surface area (Å²) in [5.74, 6) is 1.12. The zero-order chi connectivity index (χ0) is 41.2. The van der Waals surface area contributed by atoms with Gasteiger partial charge in [-0.15, -0.1) is 0 Å². The molecular weight excluding hydrogens is 747 g/mol. The molecule has 8 atom stereocenters. The van der Waals surface area contributed by atoms with Crippen LogP contribution in [0.5, 0.6) is 5.75 Å². The lowest BCUT2D eigenvalue weighted by Gasteiger charge is -2.62. The molecule has 310 valence electrons. The van der Waals surface area contributed by atoms with E-state index in [0.717, 1.165) is 96.9 Å². The van der Waals surface area contributed by atoms with Crippen molar-refractivity contribution in [3.05, 3.63) is 142 Å². The number of phenolic OH excluding ortho intramolecular Hbond substituents is 1. The minimum Gasteiger partial charge on any atom is -0.508 e. The first kappa shape index (κ1) is 39.1. The number of aromatic hydroxyl groups is 1. The molecule has 11 rings (SSSR count). The number of carbonyl (C=O) groups is 2. The minimum absolute atomic E-state index is 0.0887. The maximum Gasteiger partial charge on any atom is 0.340 e. The molecule has 3 heterocycles. The van der Waals surface area contributed by atoms with Crippen molar-refractivity contribution in [2.75, 3.05) is 20.6 Å². The summed E-state index contributed by atoms with van der Waals surface area (Å²) in [4.78, 5) is 29.8. The van der Waals surface area contributed by atoms with E-state index in [1.807, 2.05) is 32.3 Å². The van der Waals surface area contributed by atoms with E-state index in [1.165, 1.54) is 5.56 Å². The fraction of sp³-hybridized carbons (Fsp3) is 0.423. The number of cyclic esters (lactones) is 2. The number of hydrogen-bond acceptors (Lipinski definition) is 8. The van der Waals surface area contributed by atoms with Gasteiger partial charge in [0.25, 0.3) is 0 Å². The van der Waals surface area contributed by atoms with Crippen molar-refractivity contribution in [1.29, 1.82) is 0 Å². The van der Waals surface area contributed by atoms with Crippen LogP contribution in [-0.2, 0) is 25.5 Å². The standard InChI is InChI=1S/C52H57N3O5/c1-4-31(26-32-10-6-5-7-11-32)27-43-52-24-19-40-45(47(52)50(58)60-43)39-30-36(56)16-17-37(39)34-13-9-14-35(29-34)41(53-2)20-23-51(40)22-18-38-42(59-49(57)46(38)48(51)52)15-8-12-33-21-25-55-44(28-33)54-3/h5-7,9-11,13-17,20,23,27,29-31,33,40-41,44,48,53-56H,4,8,12,18-19,21-22,24-26,28H2,1-3H3. The number of phenols is 1. The van der Waals surface area contributed by atoms with Gasteiger partial charge in [0.05, 0.1) is 23.2 Å². The second-order valence-corrected chi connectivity index (χ2v) is 18.3. The van der Waals surface area contributed by atoms with Crippen LogP contribution < -0.4 is 16.0 Å². The molecule has 8 heteroatoms. The first-order chi connectivity index (χ1) is 29.3. The summed E-state index contributed by atoms with van der Waals surface area (Å²) >= 11 is 0. The maximum atomic E-state index is 15.0. The van der Waals surface area contributed by atoms with Gasteiger partial charge in [-0.25, -0.2) is 9.59 Å². The third-order valence-corrected chi connectivity index (χ3v) is 15.3. The fourth-order valence-corrected chi connectivity index (χ4v) is 12.6. The third-order valence-electron chi connectivity index (χ3n) is 15.3. The number of ether oxygens (including phenoxy) is 2. The van der Waals surface area contributed by atoms with Gasteiger partial charge in [0.1, 0.15) is 17.3 Å². The van der Waals surface area contributed by atoms with Crippen LogP contribution in [0, 0.1) is 34.5 Å². The Morgan fingerprint density at radius 2 is 1.80 bits per heavy atom. The van der Waals surface area contributed by atoms with Crippen molar-refractivity contribution in [2.24, 2.45) is 34.5 Å². The fourth-order valence-electron chi connectivity index (χ4n) is 12.6. The summed E-state index contributed by atoms with van der Waals surface area (Å²) in [6.07, 6.45) is 18.2. The van der Waals surface area contributed by atoms with E-state index in [2.05, 4.69) is 95.7 Å². The van der Waals surface area contributed by atoms with Gasteiger partial charge in [-0.05, 0) is 166 Å². The predicted molar refractivity (Wildman–Crippen MR) is 234 cm³/mol. The summed E-state index contributed by atoms with van der Waals surface area (Å²) < 4.78 is 13.1. The molecule has 8 aliphatic rings. The topological polar surface area (TPSA) is 109 Å². The van der Waals surface area contributed by atoms with Crippen LogP contribution in [0.3, 0.4) is 0 Å². The second-order valence-electron chi connectivity index (χ2n) is 18.3. The number of piperidine rings is 1. The van der Waals surface area contributed by atoms with Crippen LogP contribution in [0.1, 0.15) is 87.4 Å². The van der Waals surface area contributed by atoms with Gasteiger partial charge in [0.15, 0.2) is 0 Å². The molecule has 4 N–H and O–H groups in total. The Morgan fingerprint density at radius 3 is 2.62 bits per heavy atom. The van der Waals surface area contributed by atoms with Crippen molar-refractivity contribution in [2.45, 2.75) is 83.3 Å². The van der Waals surface area contributed by atoms with Gasteiger partial charge < -0.3 is 30.5 Å². The van der Waals surface area contributed by atoms with Crippen molar-refractivity contribution < 1.29 is 24.2 Å². The Bertz CT molecular complexity index is 2390. The molecular formula is C52H57N3O5. The number of likely N-dealkylation sites (N-methyl/N-ethyl adjacent to an activating group) is 1. The molecule has 3 fully saturated rings. The number of carbonyl (C=O) groups excluding carboxylic acids is 2. The molecule has 0 radical (unpaired) electrons. The van der Waals surface area contributed by atoms with Crippen LogP contribution in [0.25, 0.3) is 16.7 Å². The van der Waals surface area contributed by atoms with Crippen molar-refractivity contribution >= 4 is 17.5 Å². The van der Waals surface area contributed by atoms with E-state index in [-0.39, 0.29) is 41.5 Å². The number of nitrogens with one attached hydrogen (secondary N) is 3. The predicted octanol–water partition coefficient (Wildman–Crippen LogP) is 9.22. The molecule has 6 bridgehead atoms. The van der Waals surface area contributed by atoms with E-state index in [0.29, 0.717) is 42.0 Å². The smallest absolute Gasteiger partial charge is 0.340 e. The lowest BCUT2D eigenvalue weighted by molar-refractivity contribution is -0.135. The van der Waals surface area contributed by atoms with Gasteiger partial charge in [0, 0.05) is 22.5 Å². The Hall–Kier alpha value is -5.02. The minimum atomic E-state index is -0.910. The highest BCUT2D eigenvalue weighted by molar-refractivity contribution is 6.08. The second kappa shape index (κ2) is 15.5. The molecule has 0 aromatic heterocycles. The highest BCUT2D eigenvalue weighted by Crippen LogP contribution is 2.76. The zero-order valence-electron chi connectivity index (χ0n) is 35.1. The first-order valence-electron chi connectivity index (χ1n) is 22.4. The van der Waals surface area contributed by atoms with Gasteiger partial charge in [0.2, 0.25) is 0 Å². The SMILES string of the molecule is CCC(C=C1OC(=O)C2=C3c4cc(O)ccc4-c4cccc(c4)C(NC)C=CC45CCC6=C(C(=O)OC6=CCCC6CCNC(NC)C6)C4C12CCC35)Cc1ccccc1. The van der Waals surface area contributed by atoms with Gasteiger partial charge in [-0.2, -0.15) is 0 Å². The van der Waals surface area contributed by atoms with Crippen LogP contribution in [0.4, 0.5) is 0 Å². The Balaban J connectivity index is 1.19. The van der Waals surface area contributed by atoms with E-state index in [1.54, 1.807) is 6.07 Å². The average Bonchev–Trinajstić information content (AvgIpc) is 3.75. The number of benzene rings is 3. The summed E-state index contributed by atoms with van der Waals surface area (Å²) in [6.45, 7) is 3.20. The highest BCUT2D eigenvalue weighted by atomic mass is 16.5. The lowest BCUT2D eigenvalue weighted by Crippen LogP contribution is -2.58. The summed E-state index contributed by atoms with van der Waals surface area (Å²) in [5, 5.41) is 21.8. The molecule has 3 aromatic carbocycles. The summed E-state index contributed by atoms with van der Waals surface area (Å²) in [6, 6.07) is 24.6. The average molecular weight is 804 g/mol. The number of fused-ring (bicyclic) bond motifs is 5. The van der Waals surface area contributed by atoms with Crippen LogP contribution >= 0.6 is 0 Å². The van der Waals surface area contributed by atoms with Gasteiger partial charge >= 0.3 is 11.9 Å². The summed E-state index contributed by atoms with van der Waals surface area (Å²) in [5.41, 5.74) is 7.10. The number of rotatable bonds is 9. The maximum absolute atomic E-state index is 15.0. The van der Waals surface area contributed by atoms with Crippen molar-refractivity contribution in [3.8, 4) is 16.9 Å². The van der Waals surface area contributed by atoms with Crippen molar-refractivity contribution in [1.82, 2.24) is 16.0 Å². The van der Waals surface area contributed by atoms with E-state index < -0.39 is 10.8 Å². The Labute approximate surface area is 353 Å². The molecule has 60 heavy (non-hydrogen) atoms. The number of esters is 2. The van der Waals surface area contributed by atoms with Crippen LogP contribution in [-0.4, -0.2) is 43.9 Å². The van der Waals surface area contributed by atoms with E-state index >= 15 is 4.79 Å². The number of hydrogen-bond donors (Lipinski definition) is 4. The van der Waals surface area contributed by atoms with E-state index in [4.69, 9.17) is 9.47 Å². The molecule has 3 aromatic rings. The normalized spacial score (nSPS) is 31.9. The quantitative estimate of drug-likeness (QED) is 0.125. The molecule has 1 saturated carbocycles. The zero-order valence-corrected chi connectivity index (χ0v) is 35.1.